The zero-order valence-electron chi connectivity index (χ0n) is 8.32. The Hall–Kier alpha value is -1.01. The average Bonchev–Trinajstić information content (AvgIpc) is 2.44. The van der Waals surface area contributed by atoms with E-state index >= 15 is 0 Å². The summed E-state index contributed by atoms with van der Waals surface area (Å²) >= 11 is 0. The minimum Gasteiger partial charge on any atom is -0.468 e. The summed E-state index contributed by atoms with van der Waals surface area (Å²) < 4.78 is 9.42. The Labute approximate surface area is 93.3 Å². The Bertz CT molecular complexity index is 280. The topological polar surface area (TPSA) is 67.9 Å². The highest BCUT2D eigenvalue weighted by molar-refractivity contribution is 5.85. The van der Waals surface area contributed by atoms with Crippen LogP contribution < -0.4 is 5.32 Å². The summed E-state index contributed by atoms with van der Waals surface area (Å²) in [5, 5.41) is 3.06. The lowest BCUT2D eigenvalue weighted by Crippen LogP contribution is -2.68. The Morgan fingerprint density at radius 1 is 1.67 bits per heavy atom. The zero-order chi connectivity index (χ0) is 10.2. The molecule has 1 spiro atoms. The minimum absolute atomic E-state index is 0. The Kier molecular flexibility index (Phi) is 3.41. The van der Waals surface area contributed by atoms with Gasteiger partial charge in [-0.25, -0.2) is 4.79 Å². The molecule has 86 valence electrons. The van der Waals surface area contributed by atoms with Gasteiger partial charge in [0.05, 0.1) is 7.11 Å². The number of hydrogen-bond acceptors (Lipinski definition) is 5. The fourth-order valence-corrected chi connectivity index (χ4v) is 1.68. The lowest BCUT2D eigenvalue weighted by Gasteiger charge is -2.42. The molecule has 0 aliphatic carbocycles. The SMILES string of the molecule is COC(=O)CN1C(=O)OCC12CNC2.Cl. The molecule has 7 heteroatoms. The summed E-state index contributed by atoms with van der Waals surface area (Å²) in [6.07, 6.45) is -0.433. The molecule has 2 rings (SSSR count). The van der Waals surface area contributed by atoms with Gasteiger partial charge in [-0.2, -0.15) is 0 Å². The third-order valence-corrected chi connectivity index (χ3v) is 2.68. The van der Waals surface area contributed by atoms with Gasteiger partial charge < -0.3 is 14.8 Å². The van der Waals surface area contributed by atoms with Gasteiger partial charge in [-0.1, -0.05) is 0 Å². The van der Waals surface area contributed by atoms with E-state index in [4.69, 9.17) is 4.74 Å². The lowest BCUT2D eigenvalue weighted by molar-refractivity contribution is -0.142. The molecule has 0 saturated carbocycles. The maximum absolute atomic E-state index is 11.3. The fourth-order valence-electron chi connectivity index (χ4n) is 1.68. The molecule has 2 saturated heterocycles. The summed E-state index contributed by atoms with van der Waals surface area (Å²) in [5.74, 6) is -0.421. The molecule has 2 aliphatic heterocycles. The number of hydrogen-bond donors (Lipinski definition) is 1. The molecule has 1 amide bonds. The molecule has 0 aromatic heterocycles. The van der Waals surface area contributed by atoms with Crippen LogP contribution in [0.25, 0.3) is 0 Å². The van der Waals surface area contributed by atoms with Crippen molar-refractivity contribution >= 4 is 24.5 Å². The molecular weight excluding hydrogens is 224 g/mol. The smallest absolute Gasteiger partial charge is 0.411 e. The standard InChI is InChI=1S/C8H12N2O4.ClH/c1-13-6(11)2-10-7(12)14-5-8(10)3-9-4-8;/h9H,2-5H2,1H3;1H. The van der Waals surface area contributed by atoms with Crippen molar-refractivity contribution in [2.75, 3.05) is 33.4 Å². The lowest BCUT2D eigenvalue weighted by atomic mass is 9.92. The third kappa shape index (κ3) is 1.87. The third-order valence-electron chi connectivity index (χ3n) is 2.68. The second-order valence-electron chi connectivity index (χ2n) is 3.54. The summed E-state index contributed by atoms with van der Waals surface area (Å²) in [5.41, 5.74) is -0.314. The summed E-state index contributed by atoms with van der Waals surface area (Å²) in [7, 11) is 1.30. The number of nitrogens with zero attached hydrogens (tertiary/aromatic N) is 1. The second-order valence-corrected chi connectivity index (χ2v) is 3.54. The van der Waals surface area contributed by atoms with Gasteiger partial charge in [-0.15, -0.1) is 12.4 Å². The number of carbonyl (C=O) groups is 2. The van der Waals surface area contributed by atoms with E-state index in [1.165, 1.54) is 12.0 Å². The van der Waals surface area contributed by atoms with Crippen LogP contribution in [-0.4, -0.2) is 55.9 Å². The normalized spacial score (nSPS) is 21.7. The number of cyclic esters (lactones) is 1. The number of esters is 1. The molecule has 2 fully saturated rings. The van der Waals surface area contributed by atoms with E-state index in [1.54, 1.807) is 0 Å². The number of ether oxygens (including phenoxy) is 2. The van der Waals surface area contributed by atoms with Crippen molar-refractivity contribution in [1.82, 2.24) is 10.2 Å². The van der Waals surface area contributed by atoms with E-state index in [1.807, 2.05) is 0 Å². The highest BCUT2D eigenvalue weighted by Gasteiger charge is 2.52. The number of methoxy groups -OCH3 is 1. The molecule has 0 aromatic rings. The number of halogens is 1. The van der Waals surface area contributed by atoms with Crippen LogP contribution in [0.1, 0.15) is 0 Å². The molecule has 15 heavy (non-hydrogen) atoms. The van der Waals surface area contributed by atoms with Crippen molar-refractivity contribution in [3.05, 3.63) is 0 Å². The van der Waals surface area contributed by atoms with Crippen LogP contribution >= 0.6 is 12.4 Å². The van der Waals surface area contributed by atoms with Gasteiger partial charge in [0.25, 0.3) is 0 Å². The summed E-state index contributed by atoms with van der Waals surface area (Å²) in [6.45, 7) is 1.68. The maximum Gasteiger partial charge on any atom is 0.411 e. The maximum atomic E-state index is 11.3. The molecule has 2 aliphatic rings. The van der Waals surface area contributed by atoms with E-state index in [0.29, 0.717) is 19.7 Å². The first-order chi connectivity index (χ1) is 6.68. The van der Waals surface area contributed by atoms with Crippen LogP contribution in [0.5, 0.6) is 0 Å². The molecule has 0 unspecified atom stereocenters. The first kappa shape index (κ1) is 12.1. The number of nitrogens with one attached hydrogen (secondary N) is 1. The quantitative estimate of drug-likeness (QED) is 0.647. The van der Waals surface area contributed by atoms with Crippen molar-refractivity contribution in [3.63, 3.8) is 0 Å². The van der Waals surface area contributed by atoms with Crippen LogP contribution in [0.3, 0.4) is 0 Å². The number of rotatable bonds is 2. The van der Waals surface area contributed by atoms with Crippen molar-refractivity contribution in [3.8, 4) is 0 Å². The van der Waals surface area contributed by atoms with E-state index in [0.717, 1.165) is 0 Å². The van der Waals surface area contributed by atoms with Gasteiger partial charge in [-0.3, -0.25) is 9.69 Å². The van der Waals surface area contributed by atoms with Gasteiger partial charge >= 0.3 is 12.1 Å². The fraction of sp³-hybridized carbons (Fsp3) is 0.750. The number of carbonyl (C=O) groups excluding carboxylic acids is 2. The van der Waals surface area contributed by atoms with Gasteiger partial charge in [0.15, 0.2) is 0 Å². The first-order valence-corrected chi connectivity index (χ1v) is 4.40. The van der Waals surface area contributed by atoms with Gasteiger partial charge in [-0.05, 0) is 0 Å². The first-order valence-electron chi connectivity index (χ1n) is 4.40. The van der Waals surface area contributed by atoms with E-state index in [9.17, 15) is 9.59 Å². The zero-order valence-corrected chi connectivity index (χ0v) is 9.13. The van der Waals surface area contributed by atoms with Crippen LogP contribution in [0.15, 0.2) is 0 Å². The minimum atomic E-state index is -0.433. The van der Waals surface area contributed by atoms with E-state index < -0.39 is 12.1 Å². The molecule has 6 nitrogen and oxygen atoms in total. The van der Waals surface area contributed by atoms with Crippen molar-refractivity contribution in [1.29, 1.82) is 0 Å². The summed E-state index contributed by atoms with van der Waals surface area (Å²) in [6, 6.07) is 0. The Balaban J connectivity index is 0.00000112. The van der Waals surface area contributed by atoms with Crippen LogP contribution in [-0.2, 0) is 14.3 Å². The monoisotopic (exact) mass is 236 g/mol. The predicted molar refractivity (Wildman–Crippen MR) is 52.9 cm³/mol. The molecular formula is C8H13ClN2O4. The van der Waals surface area contributed by atoms with Crippen molar-refractivity contribution < 1.29 is 19.1 Å². The predicted octanol–water partition coefficient (Wildman–Crippen LogP) is -0.625. The van der Waals surface area contributed by atoms with Gasteiger partial charge in [0, 0.05) is 13.1 Å². The molecule has 1 N–H and O–H groups in total. The molecule has 0 bridgehead atoms. The molecule has 0 aromatic carbocycles. The van der Waals surface area contributed by atoms with Crippen LogP contribution in [0.4, 0.5) is 4.79 Å². The Morgan fingerprint density at radius 2 is 2.33 bits per heavy atom. The number of amides is 1. The van der Waals surface area contributed by atoms with Crippen LogP contribution in [0.2, 0.25) is 0 Å². The van der Waals surface area contributed by atoms with Gasteiger partial charge in [0.1, 0.15) is 18.7 Å². The highest BCUT2D eigenvalue weighted by atomic mass is 35.5. The second kappa shape index (κ2) is 4.24. The van der Waals surface area contributed by atoms with Gasteiger partial charge in [0.2, 0.25) is 0 Å². The average molecular weight is 237 g/mol. The van der Waals surface area contributed by atoms with Crippen molar-refractivity contribution in [2.24, 2.45) is 0 Å². The molecule has 2 heterocycles. The Morgan fingerprint density at radius 3 is 2.80 bits per heavy atom. The highest BCUT2D eigenvalue weighted by Crippen LogP contribution is 2.27. The molecule has 0 radical (unpaired) electrons. The van der Waals surface area contributed by atoms with Crippen LogP contribution in [0, 0.1) is 0 Å². The van der Waals surface area contributed by atoms with E-state index in [2.05, 4.69) is 10.1 Å². The summed E-state index contributed by atoms with van der Waals surface area (Å²) in [4.78, 5) is 23.8. The van der Waals surface area contributed by atoms with E-state index in [-0.39, 0.29) is 24.5 Å². The largest absolute Gasteiger partial charge is 0.468 e. The molecule has 0 atom stereocenters. The van der Waals surface area contributed by atoms with Crippen molar-refractivity contribution in [2.45, 2.75) is 5.54 Å².